The highest BCUT2D eigenvalue weighted by molar-refractivity contribution is 8.15. The Hall–Kier alpha value is -2.47. The van der Waals surface area contributed by atoms with Crippen molar-refractivity contribution in [2.75, 3.05) is 12.4 Å². The van der Waals surface area contributed by atoms with E-state index in [1.54, 1.807) is 0 Å². The first-order valence-corrected chi connectivity index (χ1v) is 9.82. The number of thioether (sulfide) groups is 1. The van der Waals surface area contributed by atoms with Gasteiger partial charge in [-0.15, -0.1) is 0 Å². The lowest BCUT2D eigenvalue weighted by molar-refractivity contribution is -0.140. The van der Waals surface area contributed by atoms with Crippen LogP contribution in [-0.4, -0.2) is 29.0 Å². The molecular formula is C21H23N3O2S. The Labute approximate surface area is 163 Å². The number of carbonyl (C=O) groups excluding carboxylic acids is 1. The zero-order chi connectivity index (χ0) is 19.2. The number of ether oxygens (including phenoxy) is 1. The summed E-state index contributed by atoms with van der Waals surface area (Å²) in [7, 11) is 1.44. The molecule has 2 heterocycles. The van der Waals surface area contributed by atoms with Crippen molar-refractivity contribution in [2.24, 2.45) is 4.99 Å². The Kier molecular flexibility index (Phi) is 4.18. The first-order valence-electron chi connectivity index (χ1n) is 8.94. The minimum absolute atomic E-state index is 0.163. The monoisotopic (exact) mass is 381 g/mol. The van der Waals surface area contributed by atoms with Crippen LogP contribution in [0.25, 0.3) is 0 Å². The van der Waals surface area contributed by atoms with E-state index < -0.39 is 10.8 Å². The van der Waals surface area contributed by atoms with Gasteiger partial charge in [0, 0.05) is 28.0 Å². The molecule has 4 rings (SSSR count). The zero-order valence-corrected chi connectivity index (χ0v) is 16.7. The first-order chi connectivity index (χ1) is 12.8. The van der Waals surface area contributed by atoms with Crippen molar-refractivity contribution in [3.63, 3.8) is 0 Å². The maximum absolute atomic E-state index is 12.9. The number of fused-ring (bicyclic) bond motifs is 4. The predicted molar refractivity (Wildman–Crippen MR) is 111 cm³/mol. The van der Waals surface area contributed by atoms with Gasteiger partial charge in [-0.3, -0.25) is 4.79 Å². The van der Waals surface area contributed by atoms with Gasteiger partial charge in [-0.2, -0.15) is 0 Å². The Morgan fingerprint density at radius 1 is 1.11 bits per heavy atom. The number of nitrogens with zero attached hydrogens (tertiary/aromatic N) is 1. The second-order valence-corrected chi connectivity index (χ2v) is 8.89. The van der Waals surface area contributed by atoms with Crippen LogP contribution in [0, 0.1) is 0 Å². The summed E-state index contributed by atoms with van der Waals surface area (Å²) < 4.78 is 5.19. The zero-order valence-electron chi connectivity index (χ0n) is 15.9. The highest BCUT2D eigenvalue weighted by atomic mass is 32.2. The molecule has 0 aromatic heterocycles. The van der Waals surface area contributed by atoms with Crippen molar-refractivity contribution in [2.45, 2.75) is 37.1 Å². The highest BCUT2D eigenvalue weighted by Crippen LogP contribution is 2.55. The lowest BCUT2D eigenvalue weighted by Crippen LogP contribution is -2.42. The SMILES string of the molecule is COC(=O)C1SC(NC(C)(C)C)=NC12c1ccccc1Nc1ccccc12. The molecule has 5 nitrogen and oxygen atoms in total. The molecule has 0 saturated carbocycles. The number of hydrogen-bond acceptors (Lipinski definition) is 6. The van der Waals surface area contributed by atoms with Crippen LogP contribution in [0.1, 0.15) is 31.9 Å². The third kappa shape index (κ3) is 2.88. The summed E-state index contributed by atoms with van der Waals surface area (Å²) in [4.78, 5) is 18.0. The second kappa shape index (κ2) is 6.30. The number of amidine groups is 1. The Balaban J connectivity index is 1.98. The minimum Gasteiger partial charge on any atom is -0.468 e. The van der Waals surface area contributed by atoms with E-state index in [0.29, 0.717) is 0 Å². The molecule has 1 atom stereocenters. The molecular weight excluding hydrogens is 358 g/mol. The maximum atomic E-state index is 12.9. The van der Waals surface area contributed by atoms with Gasteiger partial charge in [0.25, 0.3) is 0 Å². The summed E-state index contributed by atoms with van der Waals surface area (Å²) in [6, 6.07) is 16.1. The lowest BCUT2D eigenvalue weighted by Gasteiger charge is -2.38. The van der Waals surface area contributed by atoms with E-state index in [0.717, 1.165) is 27.7 Å². The van der Waals surface area contributed by atoms with Gasteiger partial charge < -0.3 is 15.4 Å². The fourth-order valence-corrected chi connectivity index (χ4v) is 5.14. The van der Waals surface area contributed by atoms with Crippen LogP contribution in [0.15, 0.2) is 53.5 Å². The van der Waals surface area contributed by atoms with Gasteiger partial charge in [-0.25, -0.2) is 4.99 Å². The largest absolute Gasteiger partial charge is 0.468 e. The van der Waals surface area contributed by atoms with E-state index in [9.17, 15) is 4.79 Å². The van der Waals surface area contributed by atoms with Crippen LogP contribution in [0.4, 0.5) is 11.4 Å². The molecule has 0 amide bonds. The maximum Gasteiger partial charge on any atom is 0.322 e. The molecule has 2 aromatic carbocycles. The van der Waals surface area contributed by atoms with Crippen LogP contribution in [0.2, 0.25) is 0 Å². The number of benzene rings is 2. The average molecular weight is 382 g/mol. The van der Waals surface area contributed by atoms with Crippen LogP contribution in [0.5, 0.6) is 0 Å². The summed E-state index contributed by atoms with van der Waals surface area (Å²) in [5.41, 5.74) is 2.90. The van der Waals surface area contributed by atoms with Crippen molar-refractivity contribution in [3.05, 3.63) is 59.7 Å². The van der Waals surface area contributed by atoms with Crippen molar-refractivity contribution in [1.82, 2.24) is 5.32 Å². The van der Waals surface area contributed by atoms with Crippen molar-refractivity contribution >= 4 is 34.3 Å². The Bertz CT molecular complexity index is 888. The fraction of sp³-hybridized carbons (Fsp3) is 0.333. The average Bonchev–Trinajstić information content (AvgIpc) is 2.99. The van der Waals surface area contributed by atoms with Gasteiger partial charge in [0.2, 0.25) is 0 Å². The molecule has 2 aliphatic heterocycles. The summed E-state index contributed by atoms with van der Waals surface area (Å²) in [6.45, 7) is 6.25. The van der Waals surface area contributed by atoms with Crippen molar-refractivity contribution in [1.29, 1.82) is 0 Å². The number of nitrogens with one attached hydrogen (secondary N) is 2. The summed E-state index contributed by atoms with van der Waals surface area (Å²) in [6.07, 6.45) is 0. The molecule has 140 valence electrons. The Morgan fingerprint density at radius 2 is 1.67 bits per heavy atom. The van der Waals surface area contributed by atoms with E-state index in [2.05, 4.69) is 31.4 Å². The molecule has 6 heteroatoms. The number of anilines is 2. The molecule has 0 aliphatic carbocycles. The highest BCUT2D eigenvalue weighted by Gasteiger charge is 2.55. The number of hydrogen-bond donors (Lipinski definition) is 2. The number of para-hydroxylation sites is 2. The molecule has 2 aromatic rings. The first kappa shape index (κ1) is 17.9. The van der Waals surface area contributed by atoms with Gasteiger partial charge in [0.15, 0.2) is 5.17 Å². The number of carbonyl (C=O) groups is 1. The normalized spacial score (nSPS) is 19.6. The minimum atomic E-state index is -0.830. The van der Waals surface area contributed by atoms with E-state index >= 15 is 0 Å². The standard InChI is InChI=1S/C21H23N3O2S/c1-20(2,3)23-19-24-21(17(27-19)18(25)26-4)13-9-5-7-11-15(13)22-16-12-8-6-10-14(16)21/h5-12,17,22H,1-4H3,(H,23,24). The fourth-order valence-electron chi connectivity index (χ4n) is 3.69. The van der Waals surface area contributed by atoms with Gasteiger partial charge in [0.1, 0.15) is 10.8 Å². The lowest BCUT2D eigenvalue weighted by atomic mass is 9.76. The quantitative estimate of drug-likeness (QED) is 0.731. The molecule has 0 radical (unpaired) electrons. The topological polar surface area (TPSA) is 62.7 Å². The number of methoxy groups -OCH3 is 1. The summed E-state index contributed by atoms with van der Waals surface area (Å²) >= 11 is 1.44. The smallest absolute Gasteiger partial charge is 0.322 e. The van der Waals surface area contributed by atoms with Crippen molar-refractivity contribution < 1.29 is 9.53 Å². The second-order valence-electron chi connectivity index (χ2n) is 7.80. The molecule has 2 aliphatic rings. The van der Waals surface area contributed by atoms with Gasteiger partial charge in [-0.1, -0.05) is 48.2 Å². The number of esters is 1. The van der Waals surface area contributed by atoms with E-state index in [4.69, 9.17) is 9.73 Å². The van der Waals surface area contributed by atoms with Crippen LogP contribution < -0.4 is 10.6 Å². The van der Waals surface area contributed by atoms with Crippen LogP contribution in [0.3, 0.4) is 0 Å². The summed E-state index contributed by atoms with van der Waals surface area (Å²) in [5, 5.41) is 7.18. The van der Waals surface area contributed by atoms with Gasteiger partial charge >= 0.3 is 5.97 Å². The van der Waals surface area contributed by atoms with E-state index in [-0.39, 0.29) is 11.5 Å². The van der Waals surface area contributed by atoms with Gasteiger partial charge in [-0.05, 0) is 32.9 Å². The molecule has 1 unspecified atom stereocenters. The number of aliphatic imine (C=N–C) groups is 1. The van der Waals surface area contributed by atoms with Crippen LogP contribution in [-0.2, 0) is 15.1 Å². The molecule has 0 bridgehead atoms. The molecule has 1 spiro atoms. The third-order valence-corrected chi connectivity index (χ3v) is 5.91. The van der Waals surface area contributed by atoms with Crippen LogP contribution >= 0.6 is 11.8 Å². The Morgan fingerprint density at radius 3 is 2.19 bits per heavy atom. The predicted octanol–water partition coefficient (Wildman–Crippen LogP) is 4.02. The van der Waals surface area contributed by atoms with Crippen molar-refractivity contribution in [3.8, 4) is 0 Å². The molecule has 0 fully saturated rings. The van der Waals surface area contributed by atoms with E-state index in [1.165, 1.54) is 18.9 Å². The molecule has 0 saturated heterocycles. The van der Waals surface area contributed by atoms with E-state index in [1.807, 2.05) is 48.5 Å². The third-order valence-electron chi connectivity index (χ3n) is 4.73. The molecule has 2 N–H and O–H groups in total. The number of rotatable bonds is 1. The molecule has 27 heavy (non-hydrogen) atoms. The van der Waals surface area contributed by atoms with Gasteiger partial charge in [0.05, 0.1) is 7.11 Å². The summed E-state index contributed by atoms with van der Waals surface area (Å²) in [5.74, 6) is -0.277.